The van der Waals surface area contributed by atoms with Crippen LogP contribution >= 0.6 is 11.6 Å². The molecule has 0 spiro atoms. The number of hydrogen-bond acceptors (Lipinski definition) is 2. The van der Waals surface area contributed by atoms with Gasteiger partial charge in [0, 0.05) is 18.3 Å². The zero-order valence-corrected chi connectivity index (χ0v) is 13.1. The van der Waals surface area contributed by atoms with E-state index >= 15 is 0 Å². The average molecular weight is 302 g/mol. The number of anilines is 1. The van der Waals surface area contributed by atoms with Crippen molar-refractivity contribution >= 4 is 23.1 Å². The maximum Gasteiger partial charge on any atom is 0.126 e. The second-order valence-electron chi connectivity index (χ2n) is 5.25. The number of hydrogen-bond donors (Lipinski definition) is 2. The van der Waals surface area contributed by atoms with Gasteiger partial charge in [-0.1, -0.05) is 48.0 Å². The van der Waals surface area contributed by atoms with Gasteiger partial charge in [-0.05, 0) is 31.5 Å². The van der Waals surface area contributed by atoms with Gasteiger partial charge in [0.2, 0.25) is 0 Å². The topological polar surface area (TPSA) is 53.1 Å². The summed E-state index contributed by atoms with van der Waals surface area (Å²) in [7, 11) is 0. The van der Waals surface area contributed by atoms with E-state index in [-0.39, 0.29) is 11.9 Å². The van der Waals surface area contributed by atoms with Gasteiger partial charge in [-0.15, -0.1) is 0 Å². The van der Waals surface area contributed by atoms with Crippen molar-refractivity contribution in [3.05, 3.63) is 64.7 Å². The third-order valence-electron chi connectivity index (χ3n) is 3.39. The molecule has 0 aliphatic carbocycles. The van der Waals surface area contributed by atoms with E-state index in [2.05, 4.69) is 30.9 Å². The zero-order chi connectivity index (χ0) is 15.4. The van der Waals surface area contributed by atoms with Crippen molar-refractivity contribution in [2.45, 2.75) is 26.4 Å². The van der Waals surface area contributed by atoms with Gasteiger partial charge < -0.3 is 10.6 Å². The summed E-state index contributed by atoms with van der Waals surface area (Å²) < 4.78 is 0. The lowest BCUT2D eigenvalue weighted by Gasteiger charge is -2.31. The summed E-state index contributed by atoms with van der Waals surface area (Å²) in [5.74, 6) is -0.00527. The summed E-state index contributed by atoms with van der Waals surface area (Å²) in [6, 6.07) is 16.1. The standard InChI is InChI=1S/C17H20ClN3/c1-12(2)21(11-13-7-4-3-5-8-13)15-10-6-9-14(18)16(15)17(19)20/h3-10,12H,11H2,1-2H3,(H3,19,20). The third kappa shape index (κ3) is 3.56. The van der Waals surface area contributed by atoms with Crippen molar-refractivity contribution in [1.29, 1.82) is 5.41 Å². The van der Waals surface area contributed by atoms with Gasteiger partial charge in [0.05, 0.1) is 10.6 Å². The lowest BCUT2D eigenvalue weighted by molar-refractivity contribution is 0.682. The lowest BCUT2D eigenvalue weighted by Crippen LogP contribution is -2.32. The van der Waals surface area contributed by atoms with Crippen LogP contribution in [0, 0.1) is 5.41 Å². The Hall–Kier alpha value is -2.00. The van der Waals surface area contributed by atoms with E-state index in [1.54, 1.807) is 6.07 Å². The first-order chi connectivity index (χ1) is 10.0. The Morgan fingerprint density at radius 1 is 1.14 bits per heavy atom. The van der Waals surface area contributed by atoms with Gasteiger partial charge >= 0.3 is 0 Å². The van der Waals surface area contributed by atoms with Crippen LogP contribution in [0.1, 0.15) is 25.0 Å². The number of nitrogens with zero attached hydrogens (tertiary/aromatic N) is 1. The molecule has 0 aliphatic heterocycles. The quantitative estimate of drug-likeness (QED) is 0.647. The fourth-order valence-corrected chi connectivity index (χ4v) is 2.62. The molecule has 0 saturated heterocycles. The van der Waals surface area contributed by atoms with E-state index < -0.39 is 0 Å². The zero-order valence-electron chi connectivity index (χ0n) is 12.3. The minimum absolute atomic E-state index is 0.00527. The number of nitrogens with one attached hydrogen (secondary N) is 1. The minimum Gasteiger partial charge on any atom is -0.384 e. The molecule has 0 amide bonds. The second kappa shape index (κ2) is 6.64. The minimum atomic E-state index is -0.00527. The molecule has 0 bridgehead atoms. The molecule has 0 saturated carbocycles. The predicted octanol–water partition coefficient (Wildman–Crippen LogP) is 4.04. The van der Waals surface area contributed by atoms with Crippen molar-refractivity contribution in [3.8, 4) is 0 Å². The molecule has 0 aromatic heterocycles. The summed E-state index contributed by atoms with van der Waals surface area (Å²) in [6.45, 7) is 4.99. The summed E-state index contributed by atoms with van der Waals surface area (Å²) in [4.78, 5) is 2.21. The van der Waals surface area contributed by atoms with Crippen LogP contribution in [0.4, 0.5) is 5.69 Å². The van der Waals surface area contributed by atoms with E-state index in [1.807, 2.05) is 30.3 Å². The number of rotatable bonds is 5. The highest BCUT2D eigenvalue weighted by molar-refractivity contribution is 6.34. The van der Waals surface area contributed by atoms with Crippen molar-refractivity contribution in [2.24, 2.45) is 5.73 Å². The van der Waals surface area contributed by atoms with Crippen molar-refractivity contribution in [3.63, 3.8) is 0 Å². The molecule has 21 heavy (non-hydrogen) atoms. The molecular weight excluding hydrogens is 282 g/mol. The predicted molar refractivity (Wildman–Crippen MR) is 90.2 cm³/mol. The largest absolute Gasteiger partial charge is 0.384 e. The number of halogens is 1. The van der Waals surface area contributed by atoms with Gasteiger partial charge in [0.1, 0.15) is 5.84 Å². The first kappa shape index (κ1) is 15.4. The summed E-state index contributed by atoms with van der Waals surface area (Å²) >= 11 is 6.23. The molecule has 2 rings (SSSR count). The summed E-state index contributed by atoms with van der Waals surface area (Å²) in [5.41, 5.74) is 8.43. The molecular formula is C17H20ClN3. The Morgan fingerprint density at radius 3 is 2.38 bits per heavy atom. The highest BCUT2D eigenvalue weighted by Gasteiger charge is 2.18. The number of amidine groups is 1. The van der Waals surface area contributed by atoms with Crippen LogP contribution in [-0.4, -0.2) is 11.9 Å². The van der Waals surface area contributed by atoms with E-state index in [4.69, 9.17) is 22.7 Å². The Bertz CT molecular complexity index is 623. The molecule has 0 unspecified atom stereocenters. The van der Waals surface area contributed by atoms with Gasteiger partial charge in [-0.2, -0.15) is 0 Å². The second-order valence-corrected chi connectivity index (χ2v) is 5.66. The maximum atomic E-state index is 7.80. The smallest absolute Gasteiger partial charge is 0.126 e. The molecule has 0 atom stereocenters. The van der Waals surface area contributed by atoms with Crippen LogP contribution in [0.15, 0.2) is 48.5 Å². The van der Waals surface area contributed by atoms with Crippen LogP contribution in [0.3, 0.4) is 0 Å². The highest BCUT2D eigenvalue weighted by atomic mass is 35.5. The van der Waals surface area contributed by atoms with Crippen LogP contribution in [-0.2, 0) is 6.54 Å². The fourth-order valence-electron chi connectivity index (χ4n) is 2.34. The summed E-state index contributed by atoms with van der Waals surface area (Å²) in [6.07, 6.45) is 0. The normalized spacial score (nSPS) is 10.7. The van der Waals surface area contributed by atoms with Crippen LogP contribution in [0.25, 0.3) is 0 Å². The Morgan fingerprint density at radius 2 is 1.81 bits per heavy atom. The molecule has 3 N–H and O–H groups in total. The average Bonchev–Trinajstić information content (AvgIpc) is 2.45. The Balaban J connectivity index is 2.44. The molecule has 0 fully saturated rings. The van der Waals surface area contributed by atoms with Crippen molar-refractivity contribution in [2.75, 3.05) is 4.90 Å². The molecule has 3 nitrogen and oxygen atoms in total. The Kier molecular flexibility index (Phi) is 4.86. The van der Waals surface area contributed by atoms with Crippen molar-refractivity contribution < 1.29 is 0 Å². The molecule has 110 valence electrons. The first-order valence-corrected chi connectivity index (χ1v) is 7.32. The molecule has 2 aromatic carbocycles. The maximum absolute atomic E-state index is 7.80. The molecule has 0 heterocycles. The van der Waals surface area contributed by atoms with E-state index in [0.717, 1.165) is 12.2 Å². The van der Waals surface area contributed by atoms with Crippen molar-refractivity contribution in [1.82, 2.24) is 0 Å². The fraction of sp³-hybridized carbons (Fsp3) is 0.235. The van der Waals surface area contributed by atoms with Gasteiger partial charge in [-0.3, -0.25) is 5.41 Å². The van der Waals surface area contributed by atoms with E-state index in [1.165, 1.54) is 5.56 Å². The highest BCUT2D eigenvalue weighted by Crippen LogP contribution is 2.29. The number of nitrogen functional groups attached to an aromatic ring is 1. The lowest BCUT2D eigenvalue weighted by atomic mass is 10.1. The van der Waals surface area contributed by atoms with Gasteiger partial charge in [0.15, 0.2) is 0 Å². The molecule has 0 aliphatic rings. The van der Waals surface area contributed by atoms with Crippen LogP contribution in [0.2, 0.25) is 5.02 Å². The van der Waals surface area contributed by atoms with Crippen LogP contribution < -0.4 is 10.6 Å². The van der Waals surface area contributed by atoms with E-state index in [0.29, 0.717) is 10.6 Å². The SMILES string of the molecule is CC(C)N(Cc1ccccc1)c1cccc(Cl)c1C(=N)N. The monoisotopic (exact) mass is 301 g/mol. The van der Waals surface area contributed by atoms with E-state index in [9.17, 15) is 0 Å². The van der Waals surface area contributed by atoms with Crippen LogP contribution in [0.5, 0.6) is 0 Å². The molecule has 4 heteroatoms. The number of nitrogens with two attached hydrogens (primary N) is 1. The van der Waals surface area contributed by atoms with Gasteiger partial charge in [0.25, 0.3) is 0 Å². The van der Waals surface area contributed by atoms with Gasteiger partial charge in [-0.25, -0.2) is 0 Å². The first-order valence-electron chi connectivity index (χ1n) is 6.94. The summed E-state index contributed by atoms with van der Waals surface area (Å²) in [5, 5.41) is 8.31. The number of benzene rings is 2. The molecule has 0 radical (unpaired) electrons. The third-order valence-corrected chi connectivity index (χ3v) is 3.70. The molecule has 2 aromatic rings. The Labute approximate surface area is 130 Å².